The average Bonchev–Trinajstić information content (AvgIpc) is 2.26. The van der Waals surface area contributed by atoms with Crippen LogP contribution in [0.2, 0.25) is 0 Å². The zero-order valence-electron chi connectivity index (χ0n) is 10.7. The van der Waals surface area contributed by atoms with Crippen LogP contribution in [0.1, 0.15) is 33.6 Å². The van der Waals surface area contributed by atoms with Crippen LogP contribution >= 0.6 is 0 Å². The highest BCUT2D eigenvalue weighted by molar-refractivity contribution is 4.73. The Hall–Kier alpha value is -0.120. The Labute approximate surface area is 94.5 Å². The van der Waals surface area contributed by atoms with Crippen molar-refractivity contribution in [3.8, 4) is 0 Å². The molecule has 0 saturated heterocycles. The third-order valence-electron chi connectivity index (χ3n) is 2.81. The summed E-state index contributed by atoms with van der Waals surface area (Å²) in [6, 6.07) is 0.488. The zero-order valence-corrected chi connectivity index (χ0v) is 10.7. The first-order valence-electron chi connectivity index (χ1n) is 6.10. The van der Waals surface area contributed by atoms with E-state index in [4.69, 9.17) is 9.47 Å². The van der Waals surface area contributed by atoms with Gasteiger partial charge in [0.1, 0.15) is 0 Å². The predicted octanol–water partition coefficient (Wildman–Crippen LogP) is 2.06. The summed E-state index contributed by atoms with van der Waals surface area (Å²) in [5.74, 6) is 0.715. The van der Waals surface area contributed by atoms with E-state index in [1.807, 2.05) is 0 Å². The Morgan fingerprint density at radius 3 is 2.20 bits per heavy atom. The molecule has 0 radical (unpaired) electrons. The van der Waals surface area contributed by atoms with Crippen LogP contribution in [0.25, 0.3) is 0 Å². The van der Waals surface area contributed by atoms with E-state index in [1.165, 1.54) is 12.8 Å². The second-order valence-electron chi connectivity index (χ2n) is 3.81. The molecule has 0 aromatic carbocycles. The van der Waals surface area contributed by atoms with Crippen molar-refractivity contribution in [2.45, 2.75) is 39.7 Å². The maximum atomic E-state index is 5.59. The Morgan fingerprint density at radius 1 is 1.07 bits per heavy atom. The van der Waals surface area contributed by atoms with E-state index in [2.05, 4.69) is 26.1 Å². The first-order chi connectivity index (χ1) is 7.29. The highest BCUT2D eigenvalue weighted by Crippen LogP contribution is 2.13. The number of hydrogen-bond acceptors (Lipinski definition) is 3. The summed E-state index contributed by atoms with van der Waals surface area (Å²) in [5.41, 5.74) is 0. The van der Waals surface area contributed by atoms with Crippen LogP contribution < -0.4 is 5.32 Å². The number of ether oxygens (including phenoxy) is 2. The third-order valence-corrected chi connectivity index (χ3v) is 2.81. The summed E-state index contributed by atoms with van der Waals surface area (Å²) in [6.45, 7) is 9.81. The zero-order chi connectivity index (χ0) is 11.5. The van der Waals surface area contributed by atoms with E-state index in [0.29, 0.717) is 25.2 Å². The van der Waals surface area contributed by atoms with Gasteiger partial charge in [0.15, 0.2) is 0 Å². The molecule has 0 rings (SSSR count). The Balaban J connectivity index is 3.80. The largest absolute Gasteiger partial charge is 0.382 e. The van der Waals surface area contributed by atoms with Gasteiger partial charge in [-0.15, -0.1) is 0 Å². The predicted molar refractivity (Wildman–Crippen MR) is 64.2 cm³/mol. The molecule has 0 aliphatic rings. The molecule has 0 aromatic rings. The quantitative estimate of drug-likeness (QED) is 0.568. The Bertz CT molecular complexity index is 127. The van der Waals surface area contributed by atoms with Crippen molar-refractivity contribution in [3.05, 3.63) is 0 Å². The summed E-state index contributed by atoms with van der Waals surface area (Å²) in [5, 5.41) is 3.50. The minimum absolute atomic E-state index is 0.488. The molecule has 0 spiro atoms. The maximum absolute atomic E-state index is 5.59. The van der Waals surface area contributed by atoms with Crippen LogP contribution in [0.3, 0.4) is 0 Å². The lowest BCUT2D eigenvalue weighted by Crippen LogP contribution is -2.39. The average molecular weight is 217 g/mol. The van der Waals surface area contributed by atoms with Crippen molar-refractivity contribution >= 4 is 0 Å². The van der Waals surface area contributed by atoms with Crippen molar-refractivity contribution in [1.82, 2.24) is 5.32 Å². The number of methoxy groups -OCH3 is 1. The van der Waals surface area contributed by atoms with E-state index < -0.39 is 0 Å². The van der Waals surface area contributed by atoms with Gasteiger partial charge in [0, 0.05) is 13.2 Å². The van der Waals surface area contributed by atoms with E-state index in [-0.39, 0.29) is 0 Å². The second-order valence-corrected chi connectivity index (χ2v) is 3.81. The molecule has 92 valence electrons. The van der Waals surface area contributed by atoms with Gasteiger partial charge in [-0.2, -0.15) is 0 Å². The molecular weight excluding hydrogens is 190 g/mol. The molecule has 0 amide bonds. The summed E-state index contributed by atoms with van der Waals surface area (Å²) in [7, 11) is 1.70. The van der Waals surface area contributed by atoms with Gasteiger partial charge >= 0.3 is 0 Å². The fourth-order valence-electron chi connectivity index (χ4n) is 1.83. The molecule has 3 heteroatoms. The normalized spacial score (nSPS) is 13.4. The van der Waals surface area contributed by atoms with Crippen LogP contribution in [-0.4, -0.2) is 39.5 Å². The molecule has 0 fully saturated rings. The molecule has 0 saturated carbocycles. The smallest absolute Gasteiger partial charge is 0.0701 e. The molecule has 0 aliphatic heterocycles. The number of rotatable bonds is 10. The van der Waals surface area contributed by atoms with Crippen molar-refractivity contribution in [2.24, 2.45) is 5.92 Å². The lowest BCUT2D eigenvalue weighted by molar-refractivity contribution is 0.0484. The summed E-state index contributed by atoms with van der Waals surface area (Å²) >= 11 is 0. The van der Waals surface area contributed by atoms with Gasteiger partial charge in [0.2, 0.25) is 0 Å². The lowest BCUT2D eigenvalue weighted by Gasteiger charge is -2.25. The summed E-state index contributed by atoms with van der Waals surface area (Å²) in [4.78, 5) is 0. The van der Waals surface area contributed by atoms with Gasteiger partial charge in [0.05, 0.1) is 19.8 Å². The van der Waals surface area contributed by atoms with Crippen molar-refractivity contribution in [3.63, 3.8) is 0 Å². The highest BCUT2D eigenvalue weighted by atomic mass is 16.5. The van der Waals surface area contributed by atoms with Crippen molar-refractivity contribution in [1.29, 1.82) is 0 Å². The van der Waals surface area contributed by atoms with Crippen molar-refractivity contribution < 1.29 is 9.47 Å². The number of hydrogen-bond donors (Lipinski definition) is 1. The minimum atomic E-state index is 0.488. The van der Waals surface area contributed by atoms with Gasteiger partial charge in [-0.3, -0.25) is 0 Å². The fourth-order valence-corrected chi connectivity index (χ4v) is 1.83. The summed E-state index contributed by atoms with van der Waals surface area (Å²) < 4.78 is 10.5. The van der Waals surface area contributed by atoms with Crippen LogP contribution in [0.15, 0.2) is 0 Å². The molecule has 0 aliphatic carbocycles. The molecule has 1 unspecified atom stereocenters. The molecule has 0 heterocycles. The third kappa shape index (κ3) is 6.88. The minimum Gasteiger partial charge on any atom is -0.382 e. The lowest BCUT2D eigenvalue weighted by atomic mass is 9.95. The molecule has 0 aromatic heterocycles. The van der Waals surface area contributed by atoms with Gasteiger partial charge in [0.25, 0.3) is 0 Å². The summed E-state index contributed by atoms with van der Waals surface area (Å²) in [6.07, 6.45) is 2.42. The monoisotopic (exact) mass is 217 g/mol. The van der Waals surface area contributed by atoms with Crippen molar-refractivity contribution in [2.75, 3.05) is 33.5 Å². The molecule has 15 heavy (non-hydrogen) atoms. The van der Waals surface area contributed by atoms with Gasteiger partial charge in [-0.25, -0.2) is 0 Å². The van der Waals surface area contributed by atoms with Gasteiger partial charge in [-0.1, -0.05) is 33.6 Å². The van der Waals surface area contributed by atoms with Crippen LogP contribution in [-0.2, 0) is 9.47 Å². The molecular formula is C12H27NO2. The van der Waals surface area contributed by atoms with Crippen LogP contribution in [0.4, 0.5) is 0 Å². The SMILES string of the molecule is CCNC(COCCOC)C(CC)CC. The van der Waals surface area contributed by atoms with Crippen LogP contribution in [0, 0.1) is 5.92 Å². The standard InChI is InChI=1S/C12H27NO2/c1-5-11(6-2)12(13-7-3)10-15-9-8-14-4/h11-13H,5-10H2,1-4H3. The molecule has 0 bridgehead atoms. The van der Waals surface area contributed by atoms with Gasteiger partial charge in [-0.05, 0) is 12.5 Å². The van der Waals surface area contributed by atoms with E-state index >= 15 is 0 Å². The van der Waals surface area contributed by atoms with Gasteiger partial charge < -0.3 is 14.8 Å². The topological polar surface area (TPSA) is 30.5 Å². The van der Waals surface area contributed by atoms with E-state index in [9.17, 15) is 0 Å². The van der Waals surface area contributed by atoms with E-state index in [1.54, 1.807) is 7.11 Å². The molecule has 3 nitrogen and oxygen atoms in total. The fraction of sp³-hybridized carbons (Fsp3) is 1.00. The Morgan fingerprint density at radius 2 is 1.73 bits per heavy atom. The molecule has 1 atom stereocenters. The number of likely N-dealkylation sites (N-methyl/N-ethyl adjacent to an activating group) is 1. The van der Waals surface area contributed by atoms with Crippen LogP contribution in [0.5, 0.6) is 0 Å². The first-order valence-corrected chi connectivity index (χ1v) is 6.10. The first kappa shape index (κ1) is 14.9. The van der Waals surface area contributed by atoms with E-state index in [0.717, 1.165) is 13.2 Å². The Kier molecular flexibility index (Phi) is 10.3. The molecule has 1 N–H and O–H groups in total. The second kappa shape index (κ2) is 10.4. The highest BCUT2D eigenvalue weighted by Gasteiger charge is 2.17. The number of nitrogens with one attached hydrogen (secondary N) is 1. The maximum Gasteiger partial charge on any atom is 0.0701 e.